The molecule has 25 heavy (non-hydrogen) atoms. The molecule has 0 aliphatic heterocycles. The quantitative estimate of drug-likeness (QED) is 0.735. The van der Waals surface area contributed by atoms with Gasteiger partial charge in [0.05, 0.1) is 11.8 Å². The molecule has 4 nitrogen and oxygen atoms in total. The number of nitrogens with one attached hydrogen (secondary N) is 1. The Balaban J connectivity index is 1.93. The van der Waals surface area contributed by atoms with Crippen molar-refractivity contribution in [3.63, 3.8) is 0 Å². The number of rotatable bonds is 5. The van der Waals surface area contributed by atoms with Crippen LogP contribution in [0.25, 0.3) is 22.8 Å². The van der Waals surface area contributed by atoms with Crippen LogP contribution >= 0.6 is 0 Å². The SMILES string of the molecule is CC[C@H](C)NC(=O)c1ccccc1-c1ncc(-c2ccc(F)cc2)o1. The lowest BCUT2D eigenvalue weighted by molar-refractivity contribution is 0.0939. The van der Waals surface area contributed by atoms with E-state index in [4.69, 9.17) is 4.42 Å². The van der Waals surface area contributed by atoms with Gasteiger partial charge in [-0.15, -0.1) is 0 Å². The summed E-state index contributed by atoms with van der Waals surface area (Å²) in [7, 11) is 0. The fraction of sp³-hybridized carbons (Fsp3) is 0.200. The van der Waals surface area contributed by atoms with E-state index >= 15 is 0 Å². The Morgan fingerprint density at radius 3 is 2.64 bits per heavy atom. The highest BCUT2D eigenvalue weighted by Gasteiger charge is 2.17. The minimum atomic E-state index is -0.310. The molecule has 0 radical (unpaired) electrons. The smallest absolute Gasteiger partial charge is 0.252 e. The Kier molecular flexibility index (Phi) is 4.93. The number of nitrogens with zero attached hydrogens (tertiary/aromatic N) is 1. The summed E-state index contributed by atoms with van der Waals surface area (Å²) in [4.78, 5) is 16.8. The van der Waals surface area contributed by atoms with E-state index in [0.717, 1.165) is 12.0 Å². The summed E-state index contributed by atoms with van der Waals surface area (Å²) in [5.41, 5.74) is 1.86. The Morgan fingerprint density at radius 2 is 1.92 bits per heavy atom. The lowest BCUT2D eigenvalue weighted by atomic mass is 10.1. The second-order valence-corrected chi connectivity index (χ2v) is 5.86. The van der Waals surface area contributed by atoms with Crippen LogP contribution in [0.4, 0.5) is 4.39 Å². The standard InChI is InChI=1S/C20H19FN2O2/c1-3-13(2)23-19(24)16-6-4-5-7-17(16)20-22-12-18(25-20)14-8-10-15(21)11-9-14/h4-13H,3H2,1-2H3,(H,23,24)/t13-/m0/s1. The number of carbonyl (C=O) groups excluding carboxylic acids is 1. The van der Waals surface area contributed by atoms with E-state index < -0.39 is 0 Å². The van der Waals surface area contributed by atoms with Gasteiger partial charge in [-0.3, -0.25) is 4.79 Å². The molecule has 0 bridgehead atoms. The second-order valence-electron chi connectivity index (χ2n) is 5.86. The zero-order chi connectivity index (χ0) is 17.8. The molecule has 5 heteroatoms. The normalized spacial score (nSPS) is 12.0. The van der Waals surface area contributed by atoms with Gasteiger partial charge in [-0.25, -0.2) is 9.37 Å². The van der Waals surface area contributed by atoms with Crippen LogP contribution in [0.3, 0.4) is 0 Å². The molecule has 0 fully saturated rings. The third kappa shape index (κ3) is 3.76. The van der Waals surface area contributed by atoms with Crippen molar-refractivity contribution in [3.8, 4) is 22.8 Å². The maximum atomic E-state index is 13.1. The Morgan fingerprint density at radius 1 is 1.20 bits per heavy atom. The highest BCUT2D eigenvalue weighted by Crippen LogP contribution is 2.28. The van der Waals surface area contributed by atoms with Crippen LogP contribution in [-0.2, 0) is 0 Å². The monoisotopic (exact) mass is 338 g/mol. The molecule has 3 rings (SSSR count). The molecule has 0 aliphatic rings. The van der Waals surface area contributed by atoms with Crippen molar-refractivity contribution in [2.45, 2.75) is 26.3 Å². The molecule has 0 spiro atoms. The summed E-state index contributed by atoms with van der Waals surface area (Å²) in [6.45, 7) is 3.97. The average Bonchev–Trinajstić information content (AvgIpc) is 3.12. The summed E-state index contributed by atoms with van der Waals surface area (Å²) in [5.74, 6) is 0.406. The molecule has 128 valence electrons. The maximum Gasteiger partial charge on any atom is 0.252 e. The van der Waals surface area contributed by atoms with Gasteiger partial charge in [-0.2, -0.15) is 0 Å². The van der Waals surface area contributed by atoms with E-state index in [-0.39, 0.29) is 17.8 Å². The van der Waals surface area contributed by atoms with Crippen molar-refractivity contribution in [2.75, 3.05) is 0 Å². The van der Waals surface area contributed by atoms with Crippen LogP contribution in [-0.4, -0.2) is 16.9 Å². The van der Waals surface area contributed by atoms with Crippen molar-refractivity contribution in [1.29, 1.82) is 0 Å². The molecule has 0 saturated carbocycles. The topological polar surface area (TPSA) is 55.1 Å². The fourth-order valence-corrected chi connectivity index (χ4v) is 2.42. The molecule has 0 saturated heterocycles. The Bertz CT molecular complexity index is 871. The van der Waals surface area contributed by atoms with E-state index in [1.807, 2.05) is 19.9 Å². The van der Waals surface area contributed by atoms with E-state index in [9.17, 15) is 9.18 Å². The number of oxazole rings is 1. The van der Waals surface area contributed by atoms with E-state index in [1.54, 1.807) is 36.5 Å². The fourth-order valence-electron chi connectivity index (χ4n) is 2.42. The Labute approximate surface area is 145 Å². The van der Waals surface area contributed by atoms with Gasteiger partial charge in [0, 0.05) is 17.2 Å². The highest BCUT2D eigenvalue weighted by atomic mass is 19.1. The van der Waals surface area contributed by atoms with Gasteiger partial charge in [-0.1, -0.05) is 19.1 Å². The molecule has 1 amide bonds. The molecule has 1 atom stereocenters. The summed E-state index contributed by atoms with van der Waals surface area (Å²) in [5, 5.41) is 2.95. The minimum Gasteiger partial charge on any atom is -0.436 e. The first-order valence-electron chi connectivity index (χ1n) is 8.20. The summed E-state index contributed by atoms with van der Waals surface area (Å²) < 4.78 is 18.9. The van der Waals surface area contributed by atoms with Gasteiger partial charge in [-0.05, 0) is 49.7 Å². The van der Waals surface area contributed by atoms with E-state index in [2.05, 4.69) is 10.3 Å². The van der Waals surface area contributed by atoms with E-state index in [1.165, 1.54) is 12.1 Å². The van der Waals surface area contributed by atoms with Crippen LogP contribution in [0.2, 0.25) is 0 Å². The van der Waals surface area contributed by atoms with Crippen LogP contribution < -0.4 is 5.32 Å². The first-order chi connectivity index (χ1) is 12.1. The van der Waals surface area contributed by atoms with E-state index in [0.29, 0.717) is 22.8 Å². The van der Waals surface area contributed by atoms with Crippen molar-refractivity contribution in [3.05, 3.63) is 66.1 Å². The van der Waals surface area contributed by atoms with Gasteiger partial charge >= 0.3 is 0 Å². The van der Waals surface area contributed by atoms with Crippen LogP contribution in [0, 0.1) is 5.82 Å². The number of carbonyl (C=O) groups is 1. The third-order valence-corrected chi connectivity index (χ3v) is 4.03. The molecular formula is C20H19FN2O2. The van der Waals surface area contributed by atoms with Crippen molar-refractivity contribution in [2.24, 2.45) is 0 Å². The summed E-state index contributed by atoms with van der Waals surface area (Å²) >= 11 is 0. The molecule has 2 aromatic carbocycles. The van der Waals surface area contributed by atoms with Crippen molar-refractivity contribution >= 4 is 5.91 Å². The lowest BCUT2D eigenvalue weighted by Crippen LogP contribution is -2.32. The molecule has 1 N–H and O–H groups in total. The Hall–Kier alpha value is -2.95. The van der Waals surface area contributed by atoms with Crippen molar-refractivity contribution < 1.29 is 13.6 Å². The predicted octanol–water partition coefficient (Wildman–Crippen LogP) is 4.68. The van der Waals surface area contributed by atoms with Gasteiger partial charge in [0.2, 0.25) is 5.89 Å². The zero-order valence-corrected chi connectivity index (χ0v) is 14.1. The number of hydrogen-bond acceptors (Lipinski definition) is 3. The molecule has 0 unspecified atom stereocenters. The van der Waals surface area contributed by atoms with Gasteiger partial charge in [0.25, 0.3) is 5.91 Å². The third-order valence-electron chi connectivity index (χ3n) is 4.03. The van der Waals surface area contributed by atoms with Crippen LogP contribution in [0.5, 0.6) is 0 Å². The number of benzene rings is 2. The number of amides is 1. The summed E-state index contributed by atoms with van der Waals surface area (Å²) in [6, 6.07) is 13.2. The largest absolute Gasteiger partial charge is 0.436 e. The molecule has 0 aliphatic carbocycles. The lowest BCUT2D eigenvalue weighted by Gasteiger charge is -2.12. The number of aromatic nitrogens is 1. The zero-order valence-electron chi connectivity index (χ0n) is 14.1. The second kappa shape index (κ2) is 7.30. The van der Waals surface area contributed by atoms with Gasteiger partial charge in [0.1, 0.15) is 5.82 Å². The molecular weight excluding hydrogens is 319 g/mol. The first-order valence-corrected chi connectivity index (χ1v) is 8.20. The number of hydrogen-bond donors (Lipinski definition) is 1. The van der Waals surface area contributed by atoms with Crippen molar-refractivity contribution in [1.82, 2.24) is 10.3 Å². The minimum absolute atomic E-state index is 0.0832. The molecule has 1 aromatic heterocycles. The van der Waals surface area contributed by atoms with Gasteiger partial charge in [0.15, 0.2) is 5.76 Å². The maximum absolute atomic E-state index is 13.1. The summed E-state index contributed by atoms with van der Waals surface area (Å²) in [6.07, 6.45) is 2.42. The van der Waals surface area contributed by atoms with Gasteiger partial charge < -0.3 is 9.73 Å². The highest BCUT2D eigenvalue weighted by molar-refractivity contribution is 6.00. The molecule has 3 aromatic rings. The molecule has 1 heterocycles. The first kappa shape index (κ1) is 16.9. The number of halogens is 1. The van der Waals surface area contributed by atoms with Crippen LogP contribution in [0.15, 0.2) is 59.1 Å². The van der Waals surface area contributed by atoms with Crippen LogP contribution in [0.1, 0.15) is 30.6 Å². The predicted molar refractivity (Wildman–Crippen MR) is 94.6 cm³/mol. The average molecular weight is 338 g/mol.